The smallest absolute Gasteiger partial charge is 0.455 e. The van der Waals surface area contributed by atoms with Crippen molar-refractivity contribution in [2.75, 3.05) is 79.6 Å². The predicted molar refractivity (Wildman–Crippen MR) is 583 cm³/mol. The Hall–Kier alpha value is -12.8. The second kappa shape index (κ2) is 56.5. The van der Waals surface area contributed by atoms with Crippen LogP contribution in [0, 0.1) is 13.8 Å². The van der Waals surface area contributed by atoms with Gasteiger partial charge in [-0.05, 0) is 205 Å². The number of aromatic nitrogens is 4. The minimum absolute atomic E-state index is 0.0749. The molecule has 25 nitrogen and oxygen atoms in total. The second-order valence-corrected chi connectivity index (χ2v) is 51.0. The van der Waals surface area contributed by atoms with E-state index < -0.39 is 82.1 Å². The number of H-pyrrole nitrogens is 1. The molecule has 1 amide bonds. The van der Waals surface area contributed by atoms with Crippen LogP contribution in [0.2, 0.25) is 36.3 Å². The van der Waals surface area contributed by atoms with Gasteiger partial charge in [-0.15, -0.1) is 0 Å². The molecule has 0 aliphatic carbocycles. The largest absolute Gasteiger partial charge is 0.497 e. The van der Waals surface area contributed by atoms with Crippen molar-refractivity contribution in [3.63, 3.8) is 0 Å². The molecule has 760 valence electrons. The van der Waals surface area contributed by atoms with E-state index in [1.165, 1.54) is 33.6 Å². The molecule has 2 N–H and O–H groups in total. The van der Waals surface area contributed by atoms with E-state index in [1.54, 1.807) is 128 Å². The van der Waals surface area contributed by atoms with E-state index in [2.05, 4.69) is 232 Å². The average Bonchev–Trinajstić information content (AvgIpc) is 0.753. The van der Waals surface area contributed by atoms with E-state index in [4.69, 9.17) is 37.3 Å². The van der Waals surface area contributed by atoms with Gasteiger partial charge in [0.2, 0.25) is 0 Å². The van der Waals surface area contributed by atoms with Gasteiger partial charge in [0.1, 0.15) is 34.2 Å². The Balaban J connectivity index is 0.000000225. The molecule has 0 saturated heterocycles. The van der Waals surface area contributed by atoms with Crippen molar-refractivity contribution >= 4 is 87.9 Å². The van der Waals surface area contributed by atoms with Gasteiger partial charge < -0.3 is 52.1 Å². The fraction of sp³-hybridized carbons (Fsp3) is 0.316. The molecule has 0 aliphatic heterocycles. The lowest BCUT2D eigenvalue weighted by Crippen LogP contribution is -2.45. The Morgan fingerprint density at radius 2 is 0.764 bits per heavy atom. The molecule has 30 heteroatoms. The summed E-state index contributed by atoms with van der Waals surface area (Å²) in [5.41, 5.74) is 2.47. The van der Waals surface area contributed by atoms with Crippen LogP contribution in [0.3, 0.4) is 0 Å². The number of carbonyl (C=O) groups excluding carboxylic acids is 4. The summed E-state index contributed by atoms with van der Waals surface area (Å²) >= 11 is 3.54. The molecule has 2 aromatic heterocycles. The maximum atomic E-state index is 13.8. The summed E-state index contributed by atoms with van der Waals surface area (Å²) in [6.45, 7) is 31.5. The number of ether oxygens (including phenoxy) is 7. The lowest BCUT2D eigenvalue weighted by atomic mass is 9.80. The van der Waals surface area contributed by atoms with Crippen molar-refractivity contribution in [2.45, 2.75) is 153 Å². The van der Waals surface area contributed by atoms with Crippen LogP contribution in [0.15, 0.2) is 351 Å². The van der Waals surface area contributed by atoms with Gasteiger partial charge in [-0.3, -0.25) is 28.6 Å². The van der Waals surface area contributed by atoms with E-state index in [9.17, 15) is 43.5 Å². The van der Waals surface area contributed by atoms with Gasteiger partial charge in [-0.2, -0.15) is 32.7 Å². The molecular formula is C114H135N6O19PS2Si2. The first kappa shape index (κ1) is 115. The zero-order valence-corrected chi connectivity index (χ0v) is 90.1. The number of methoxy groups -OCH3 is 4. The molecule has 144 heavy (non-hydrogen) atoms. The number of rotatable bonds is 39. The Bertz CT molecular complexity index is 6240. The molecule has 0 radical (unpaired) electrons. The van der Waals surface area contributed by atoms with Crippen LogP contribution in [0.1, 0.15) is 140 Å². The van der Waals surface area contributed by atoms with E-state index in [0.29, 0.717) is 66.3 Å². The molecule has 0 aliphatic rings. The fourth-order valence-electron chi connectivity index (χ4n) is 14.6. The second-order valence-electron chi connectivity index (χ2n) is 36.4. The van der Waals surface area contributed by atoms with Crippen molar-refractivity contribution in [3.05, 3.63) is 419 Å². The Kier molecular flexibility index (Phi) is 45.0. The minimum Gasteiger partial charge on any atom is -0.497 e. The number of aliphatic hydroxyl groups excluding tert-OH is 1. The summed E-state index contributed by atoms with van der Waals surface area (Å²) in [6.07, 6.45) is 3.30. The third kappa shape index (κ3) is 32.1. The van der Waals surface area contributed by atoms with Crippen molar-refractivity contribution in [2.24, 2.45) is 10.4 Å². The highest BCUT2D eigenvalue weighted by atomic mass is 32.2. The minimum atomic E-state index is -1.98. The van der Waals surface area contributed by atoms with Crippen molar-refractivity contribution < 1.29 is 71.1 Å². The standard InChI is InChI=1S/C45H54N2O7SSi.C33H46O5SSi.C18H15P.C12H10N2O3.C6H10N2O4/c1-33-31-46(43(50)47(41(33)48)42(49)34-15-11-9-12-16-34)28-27-40(55-30-29-54-56(7,8)44(2,3)4)32-53-45(35-17-13-10-14-18-35,36-19-23-38(51-5)24-20-36)37-21-25-39(52-6)26-22-37;1-32(2,3)40(6,7)38-23-24-39-31(21-22-34)25-37-33(26-11-9-8-10-12-26,27-13-17-29(35-4)18-14-27)28-15-19-30(36-5)20-16-28;1-4-10-16(11-5-1)19(17-12-6-2-7-13-17)18-14-8-3-9-15-18;1-8-7-13-12(17)14(10(8)15)11(16)9-5-3-2-4-6-9;1-3-5(9)12-8-7-6(10)11-4-2/h9-26,31,40H,27-30,32H2,1-8H3;8-20,31,34H,21-25H2,1-7H3;1-15H;2-7H,1H3,(H,13,17);3-4H2,1-2H3. The lowest BCUT2D eigenvalue weighted by molar-refractivity contribution is -0.144. The molecule has 2 heterocycles. The van der Waals surface area contributed by atoms with Gasteiger partial charge in [0.05, 0.1) is 48.3 Å². The molecule has 0 saturated carbocycles. The number of hydrogen-bond donors (Lipinski definition) is 2. The first-order valence-corrected chi connectivity index (χ1v) is 57.0. The number of nitrogens with one attached hydrogen (secondary N) is 1. The molecule has 13 rings (SSSR count). The van der Waals surface area contributed by atoms with Crippen molar-refractivity contribution in [1.29, 1.82) is 0 Å². The topological polar surface area (TPSA) is 304 Å². The number of aromatic amines is 1. The summed E-state index contributed by atoms with van der Waals surface area (Å²) in [5, 5.41) is 20.1. The molecule has 2 atom stereocenters. The normalized spacial score (nSPS) is 12.0. The maximum Gasteiger partial charge on any atom is 0.455 e. The summed E-state index contributed by atoms with van der Waals surface area (Å²) in [6, 6.07) is 101. The van der Waals surface area contributed by atoms with Gasteiger partial charge in [-0.1, -0.05) is 285 Å². The van der Waals surface area contributed by atoms with Gasteiger partial charge in [0, 0.05) is 94.7 Å². The molecule has 0 spiro atoms. The molecular weight excluding hydrogens is 1910 g/mol. The van der Waals surface area contributed by atoms with E-state index >= 15 is 0 Å². The van der Waals surface area contributed by atoms with Crippen LogP contribution in [0.4, 0.5) is 4.79 Å². The fourth-order valence-corrected chi connectivity index (χ4v) is 21.2. The average molecular weight is 2040 g/mol. The highest BCUT2D eigenvalue weighted by Crippen LogP contribution is 2.46. The monoisotopic (exact) mass is 2040 g/mol. The first-order valence-electron chi connectivity index (χ1n) is 47.7. The Labute approximate surface area is 857 Å². The molecule has 2 unspecified atom stereocenters. The Morgan fingerprint density at radius 1 is 0.438 bits per heavy atom. The third-order valence-corrected chi connectivity index (χ3v) is 38.7. The third-order valence-electron chi connectivity index (χ3n) is 24.7. The number of aliphatic hydroxyl groups is 1. The number of amides is 1. The zero-order chi connectivity index (χ0) is 104. The van der Waals surface area contributed by atoms with Gasteiger partial charge in [0.25, 0.3) is 22.9 Å². The molecule has 13 aromatic rings. The van der Waals surface area contributed by atoms with Gasteiger partial charge in [0.15, 0.2) is 16.6 Å². The summed E-state index contributed by atoms with van der Waals surface area (Å²) in [7, 11) is 2.40. The molecule has 0 bridgehead atoms. The Morgan fingerprint density at radius 3 is 1.10 bits per heavy atom. The maximum absolute atomic E-state index is 13.8. The quantitative estimate of drug-likeness (QED) is 0.00903. The van der Waals surface area contributed by atoms with Crippen LogP contribution in [-0.4, -0.2) is 154 Å². The van der Waals surface area contributed by atoms with Crippen molar-refractivity contribution in [1.82, 2.24) is 18.7 Å². The zero-order valence-electron chi connectivity index (χ0n) is 85.5. The van der Waals surface area contributed by atoms with E-state index in [-0.39, 0.29) is 52.3 Å². The summed E-state index contributed by atoms with van der Waals surface area (Å²) in [4.78, 5) is 103. The highest BCUT2D eigenvalue weighted by Gasteiger charge is 2.43. The van der Waals surface area contributed by atoms with E-state index in [0.717, 1.165) is 66.7 Å². The van der Waals surface area contributed by atoms with Crippen LogP contribution >= 0.6 is 31.4 Å². The molecule has 0 fully saturated rings. The van der Waals surface area contributed by atoms with Crippen LogP contribution < -0.4 is 57.4 Å². The van der Waals surface area contributed by atoms with Gasteiger partial charge >= 0.3 is 23.4 Å². The SMILES string of the molecule is CCOC(=O)N=NOC(=O)CC.COc1ccc(C(OCC(CCO)SCCO[Si](C)(C)C(C)(C)C)(c2ccccc2)c2ccc(OC)cc2)cc1.COc1ccc(C(OCC(CCn2cc(C)c(=O)n(C(=O)c3ccccc3)c2=O)SCCO[Si](C)(C)C(C)(C)C)(c2ccccc2)c2ccc(OC)cc2)cc1.Cc1c[nH]c(=O)n(C(=O)c2ccccc2)c1=O.c1ccc(P(c2ccccc2)c2ccccc2)cc1. The van der Waals surface area contributed by atoms with Crippen molar-refractivity contribution in [3.8, 4) is 23.0 Å². The van der Waals surface area contributed by atoms with Gasteiger partial charge in [-0.25, -0.2) is 19.2 Å². The lowest BCUT2D eigenvalue weighted by Gasteiger charge is -2.37. The van der Waals surface area contributed by atoms with Crippen LogP contribution in [0.5, 0.6) is 23.0 Å². The first-order chi connectivity index (χ1) is 69.0. The number of carbonyl (C=O) groups is 4. The highest BCUT2D eigenvalue weighted by molar-refractivity contribution is 8.00. The summed E-state index contributed by atoms with van der Waals surface area (Å²) in [5.74, 6) is 2.77. The van der Waals surface area contributed by atoms with Crippen LogP contribution in [-0.2, 0) is 50.4 Å². The molecule has 11 aromatic carbocycles. The summed E-state index contributed by atoms with van der Waals surface area (Å²) < 4.78 is 56.5. The van der Waals surface area contributed by atoms with Crippen LogP contribution in [0.25, 0.3) is 0 Å². The number of aryl methyl sites for hydroxylation is 3. The number of benzene rings is 11. The number of nitrogens with zero attached hydrogens (tertiary/aromatic N) is 5. The number of hydrogen-bond acceptors (Lipinski definition) is 22. The number of thioether (sulfide) groups is 2. The van der Waals surface area contributed by atoms with E-state index in [1.807, 2.05) is 121 Å². The predicted octanol–water partition coefficient (Wildman–Crippen LogP) is 21.5.